The van der Waals surface area contributed by atoms with Gasteiger partial charge in [0.2, 0.25) is 5.91 Å². The zero-order valence-electron chi connectivity index (χ0n) is 21.5. The summed E-state index contributed by atoms with van der Waals surface area (Å²) in [5.74, 6) is -0.474. The number of carbonyl (C=O) groups is 3. The standard InChI is InChI=1S/C27H32N6O4S/c1-2-24(35)32-11-3-5-19-15-18(7-10-28-19)27-30-22(17-38-27)26(36)29-21-16-33(20-8-13-37-14-9-20)31-25(21)23(34)6-4-12-32/h7,10,15-17,20H,2-6,8-9,11-14H2,1H3,(H,29,36). The van der Waals surface area contributed by atoms with Crippen molar-refractivity contribution in [3.8, 4) is 10.6 Å². The van der Waals surface area contributed by atoms with Crippen LogP contribution in [0, 0.1) is 0 Å². The van der Waals surface area contributed by atoms with Crippen LogP contribution in [-0.4, -0.2) is 68.5 Å². The molecule has 0 radical (unpaired) electrons. The molecule has 0 saturated carbocycles. The average Bonchev–Trinajstić information content (AvgIpc) is 3.60. The van der Waals surface area contributed by atoms with Gasteiger partial charge in [-0.1, -0.05) is 6.92 Å². The Hall–Kier alpha value is -3.44. The van der Waals surface area contributed by atoms with Gasteiger partial charge in [-0.15, -0.1) is 11.3 Å². The van der Waals surface area contributed by atoms with E-state index in [0.29, 0.717) is 51.3 Å². The number of thiazole rings is 1. The number of ether oxygens (including phenoxy) is 1. The van der Waals surface area contributed by atoms with Gasteiger partial charge < -0.3 is 15.0 Å². The van der Waals surface area contributed by atoms with Crippen LogP contribution in [0.15, 0.2) is 29.9 Å². The van der Waals surface area contributed by atoms with E-state index in [9.17, 15) is 14.4 Å². The summed E-state index contributed by atoms with van der Waals surface area (Å²) in [6.45, 7) is 4.22. The van der Waals surface area contributed by atoms with Crippen molar-refractivity contribution in [2.45, 2.75) is 57.9 Å². The van der Waals surface area contributed by atoms with E-state index in [1.807, 2.05) is 24.0 Å². The van der Waals surface area contributed by atoms with Crippen LogP contribution in [0.2, 0.25) is 0 Å². The van der Waals surface area contributed by atoms with Crippen molar-refractivity contribution in [2.24, 2.45) is 0 Å². The normalized spacial score (nSPS) is 17.9. The van der Waals surface area contributed by atoms with E-state index >= 15 is 0 Å². The summed E-state index contributed by atoms with van der Waals surface area (Å²) in [4.78, 5) is 49.9. The SMILES string of the molecule is CCC(=O)N1CCCC(=O)c2nn(C3CCOCC3)cc2NC(=O)c2csc(n2)-c2ccnc(c2)CCC1. The molecule has 3 aromatic rings. The number of ketones is 1. The first-order chi connectivity index (χ1) is 18.5. The Morgan fingerprint density at radius 1 is 1.18 bits per heavy atom. The number of hydrogen-bond donors (Lipinski definition) is 1. The van der Waals surface area contributed by atoms with Gasteiger partial charge in [0.05, 0.1) is 11.7 Å². The van der Waals surface area contributed by atoms with Gasteiger partial charge in [-0.05, 0) is 44.2 Å². The van der Waals surface area contributed by atoms with E-state index in [-0.39, 0.29) is 41.4 Å². The Balaban J connectivity index is 1.47. The molecular weight excluding hydrogens is 504 g/mol. The van der Waals surface area contributed by atoms with Gasteiger partial charge in [-0.3, -0.25) is 24.0 Å². The highest BCUT2D eigenvalue weighted by Crippen LogP contribution is 2.28. The minimum absolute atomic E-state index is 0.0700. The highest BCUT2D eigenvalue weighted by Gasteiger charge is 2.25. The second kappa shape index (κ2) is 12.0. The second-order valence-electron chi connectivity index (χ2n) is 9.61. The lowest BCUT2D eigenvalue weighted by Gasteiger charge is -2.22. The number of Topliss-reactive ketones (excluding diaryl/α,β-unsaturated/α-hetero) is 1. The maximum Gasteiger partial charge on any atom is 0.275 e. The molecule has 0 aliphatic carbocycles. The molecule has 38 heavy (non-hydrogen) atoms. The Bertz CT molecular complexity index is 1310. The molecule has 1 fully saturated rings. The van der Waals surface area contributed by atoms with E-state index < -0.39 is 0 Å². The minimum Gasteiger partial charge on any atom is -0.381 e. The first-order valence-electron chi connectivity index (χ1n) is 13.2. The molecule has 10 nitrogen and oxygen atoms in total. The van der Waals surface area contributed by atoms with Gasteiger partial charge in [0, 0.05) is 68.2 Å². The Kier molecular flexibility index (Phi) is 8.23. The largest absolute Gasteiger partial charge is 0.381 e. The molecule has 1 N–H and O–H groups in total. The summed E-state index contributed by atoms with van der Waals surface area (Å²) < 4.78 is 7.26. The predicted octanol–water partition coefficient (Wildman–Crippen LogP) is 4.15. The molecule has 1 saturated heterocycles. The number of amides is 2. The number of anilines is 1. The summed E-state index contributed by atoms with van der Waals surface area (Å²) in [5, 5.41) is 9.94. The van der Waals surface area contributed by atoms with Gasteiger partial charge in [0.25, 0.3) is 5.91 Å². The van der Waals surface area contributed by atoms with Crippen LogP contribution in [0.4, 0.5) is 5.69 Å². The quantitative estimate of drug-likeness (QED) is 0.522. The predicted molar refractivity (Wildman–Crippen MR) is 143 cm³/mol. The fraction of sp³-hybridized carbons (Fsp3) is 0.481. The monoisotopic (exact) mass is 536 g/mol. The summed E-state index contributed by atoms with van der Waals surface area (Å²) in [7, 11) is 0. The summed E-state index contributed by atoms with van der Waals surface area (Å²) in [6, 6.07) is 3.97. The van der Waals surface area contributed by atoms with E-state index in [1.54, 1.807) is 22.5 Å². The molecule has 5 rings (SSSR count). The highest BCUT2D eigenvalue weighted by molar-refractivity contribution is 7.13. The summed E-state index contributed by atoms with van der Waals surface area (Å²) in [6.07, 6.45) is 7.72. The first-order valence-corrected chi connectivity index (χ1v) is 14.1. The van der Waals surface area contributed by atoms with Crippen molar-refractivity contribution in [2.75, 3.05) is 31.6 Å². The molecule has 0 spiro atoms. The van der Waals surface area contributed by atoms with Crippen LogP contribution in [0.3, 0.4) is 0 Å². The fourth-order valence-electron chi connectivity index (χ4n) is 4.86. The molecule has 200 valence electrons. The Labute approximate surface area is 225 Å². The molecule has 11 heteroatoms. The van der Waals surface area contributed by atoms with Gasteiger partial charge in [-0.25, -0.2) is 4.98 Å². The third kappa shape index (κ3) is 5.99. The lowest BCUT2D eigenvalue weighted by molar-refractivity contribution is -0.131. The van der Waals surface area contributed by atoms with Gasteiger partial charge in [0.1, 0.15) is 10.7 Å². The molecule has 2 aliphatic heterocycles. The molecule has 4 bridgehead atoms. The second-order valence-corrected chi connectivity index (χ2v) is 10.5. The van der Waals surface area contributed by atoms with Crippen LogP contribution in [0.1, 0.15) is 78.2 Å². The number of aryl methyl sites for hydroxylation is 1. The maximum absolute atomic E-state index is 13.3. The number of nitrogens with one attached hydrogen (secondary N) is 1. The topological polar surface area (TPSA) is 119 Å². The van der Waals surface area contributed by atoms with Crippen LogP contribution < -0.4 is 5.32 Å². The van der Waals surface area contributed by atoms with Crippen LogP contribution in [-0.2, 0) is 16.0 Å². The van der Waals surface area contributed by atoms with Gasteiger partial charge >= 0.3 is 0 Å². The number of hydrogen-bond acceptors (Lipinski definition) is 8. The van der Waals surface area contributed by atoms with E-state index in [0.717, 1.165) is 35.5 Å². The van der Waals surface area contributed by atoms with Crippen LogP contribution in [0.25, 0.3) is 10.6 Å². The molecule has 0 aromatic carbocycles. The molecule has 3 aromatic heterocycles. The maximum atomic E-state index is 13.3. The van der Waals surface area contributed by atoms with Crippen molar-refractivity contribution in [1.82, 2.24) is 24.6 Å². The molecule has 5 heterocycles. The molecule has 2 aliphatic rings. The number of pyridine rings is 1. The number of aromatic nitrogens is 4. The summed E-state index contributed by atoms with van der Waals surface area (Å²) in [5.41, 5.74) is 2.72. The minimum atomic E-state index is -0.386. The zero-order valence-corrected chi connectivity index (χ0v) is 22.3. The third-order valence-corrected chi connectivity index (χ3v) is 7.85. The summed E-state index contributed by atoms with van der Waals surface area (Å²) >= 11 is 1.38. The first kappa shape index (κ1) is 26.2. The van der Waals surface area contributed by atoms with Crippen LogP contribution >= 0.6 is 11.3 Å². The fourth-order valence-corrected chi connectivity index (χ4v) is 5.65. The van der Waals surface area contributed by atoms with Gasteiger partial charge in [-0.2, -0.15) is 5.10 Å². The Morgan fingerprint density at radius 3 is 2.76 bits per heavy atom. The van der Waals surface area contributed by atoms with Gasteiger partial charge in [0.15, 0.2) is 11.5 Å². The van der Waals surface area contributed by atoms with Crippen molar-refractivity contribution in [3.05, 3.63) is 47.0 Å². The third-order valence-electron chi connectivity index (χ3n) is 6.96. The molecule has 0 unspecified atom stereocenters. The molecular formula is C27H32N6O4S. The molecule has 0 atom stereocenters. The average molecular weight is 537 g/mol. The Morgan fingerprint density at radius 2 is 1.97 bits per heavy atom. The lowest BCUT2D eigenvalue weighted by atomic mass is 10.1. The number of rotatable bonds is 2. The lowest BCUT2D eigenvalue weighted by Crippen LogP contribution is -2.33. The highest BCUT2D eigenvalue weighted by atomic mass is 32.1. The number of carbonyl (C=O) groups excluding carboxylic acids is 3. The van der Waals surface area contributed by atoms with E-state index in [4.69, 9.17) is 4.74 Å². The van der Waals surface area contributed by atoms with E-state index in [2.05, 4.69) is 20.4 Å². The molecule has 2 amide bonds. The van der Waals surface area contributed by atoms with Crippen molar-refractivity contribution >= 4 is 34.6 Å². The zero-order chi connectivity index (χ0) is 26.5. The van der Waals surface area contributed by atoms with Crippen molar-refractivity contribution in [3.63, 3.8) is 0 Å². The van der Waals surface area contributed by atoms with Crippen molar-refractivity contribution < 1.29 is 19.1 Å². The smallest absolute Gasteiger partial charge is 0.275 e. The number of nitrogens with zero attached hydrogens (tertiary/aromatic N) is 5. The van der Waals surface area contributed by atoms with Crippen LogP contribution in [0.5, 0.6) is 0 Å². The van der Waals surface area contributed by atoms with E-state index in [1.165, 1.54) is 11.3 Å². The number of fused-ring (bicyclic) bond motifs is 6. The van der Waals surface area contributed by atoms with Crippen molar-refractivity contribution in [1.29, 1.82) is 0 Å².